The molecule has 0 radical (unpaired) electrons. The number of hydrogen-bond donors (Lipinski definition) is 2. The number of hydrogen-bond acceptors (Lipinski definition) is 3. The Labute approximate surface area is 120 Å². The van der Waals surface area contributed by atoms with Crippen molar-refractivity contribution in [1.29, 1.82) is 0 Å². The number of aryl methyl sites for hydroxylation is 1. The first-order chi connectivity index (χ1) is 8.47. The molecule has 0 atom stereocenters. The maximum absolute atomic E-state index is 5.79. The molecular weight excluding hydrogens is 341 g/mol. The number of H-pyrrole nitrogens is 1. The summed E-state index contributed by atoms with van der Waals surface area (Å²) in [6.45, 7) is 6.19. The lowest BCUT2D eigenvalue weighted by atomic mass is 9.96. The summed E-state index contributed by atoms with van der Waals surface area (Å²) < 4.78 is 6.39. The summed E-state index contributed by atoms with van der Waals surface area (Å²) in [7, 11) is 1.70. The number of ether oxygens (including phenoxy) is 1. The molecule has 0 unspecified atom stereocenters. The molecule has 2 rings (SSSR count). The molecule has 0 bridgehead atoms. The molecule has 1 heterocycles. The van der Waals surface area contributed by atoms with E-state index in [0.29, 0.717) is 5.82 Å². The fourth-order valence-corrected chi connectivity index (χ4v) is 2.68. The Morgan fingerprint density at radius 2 is 1.94 bits per heavy atom. The number of nitrogens with one attached hydrogen (secondary N) is 1. The van der Waals surface area contributed by atoms with E-state index in [1.807, 2.05) is 6.92 Å². The minimum atomic E-state index is 0.538. The fraction of sp³-hybridized carbons (Fsp3) is 0.308. The molecule has 0 spiro atoms. The molecule has 5 heteroatoms. The Kier molecular flexibility index (Phi) is 3.52. The summed E-state index contributed by atoms with van der Waals surface area (Å²) in [6.07, 6.45) is 0. The Hall–Kier alpha value is -1.24. The number of nitrogens with two attached hydrogens (primary N) is 1. The molecule has 0 aliphatic heterocycles. The number of aromatic amines is 1. The molecule has 3 N–H and O–H groups in total. The number of benzene rings is 1. The van der Waals surface area contributed by atoms with E-state index in [0.717, 1.165) is 31.7 Å². The van der Waals surface area contributed by atoms with Crippen LogP contribution in [0.2, 0.25) is 0 Å². The van der Waals surface area contributed by atoms with Crippen molar-refractivity contribution in [3.63, 3.8) is 0 Å². The van der Waals surface area contributed by atoms with Gasteiger partial charge in [-0.25, -0.2) is 0 Å². The molecule has 96 valence electrons. The van der Waals surface area contributed by atoms with E-state index in [9.17, 15) is 0 Å². The summed E-state index contributed by atoms with van der Waals surface area (Å²) in [6, 6.07) is 2.11. The Morgan fingerprint density at radius 3 is 2.44 bits per heavy atom. The lowest BCUT2D eigenvalue weighted by molar-refractivity contribution is 0.408. The van der Waals surface area contributed by atoms with E-state index in [2.05, 4.69) is 52.7 Å². The van der Waals surface area contributed by atoms with Crippen LogP contribution in [0.3, 0.4) is 0 Å². The van der Waals surface area contributed by atoms with Crippen molar-refractivity contribution in [2.24, 2.45) is 0 Å². The van der Waals surface area contributed by atoms with Crippen molar-refractivity contribution in [3.8, 4) is 17.0 Å². The third-order valence-corrected chi connectivity index (χ3v) is 4.32. The SMILES string of the molecule is COc1c(C)cc(-c2[nH]nc(N)c2I)c(C)c1C. The van der Waals surface area contributed by atoms with Gasteiger partial charge in [0.1, 0.15) is 5.75 Å². The van der Waals surface area contributed by atoms with Gasteiger partial charge in [0.25, 0.3) is 0 Å². The number of halogens is 1. The summed E-state index contributed by atoms with van der Waals surface area (Å²) in [5.41, 5.74) is 11.3. The zero-order valence-corrected chi connectivity index (χ0v) is 13.0. The third kappa shape index (κ3) is 1.96. The Morgan fingerprint density at radius 1 is 1.28 bits per heavy atom. The predicted octanol–water partition coefficient (Wildman–Crippen LogP) is 3.20. The Balaban J connectivity index is 2.70. The molecule has 0 amide bonds. The van der Waals surface area contributed by atoms with Crippen LogP contribution >= 0.6 is 22.6 Å². The topological polar surface area (TPSA) is 63.9 Å². The molecule has 0 aliphatic carbocycles. The van der Waals surface area contributed by atoms with Gasteiger partial charge in [0.15, 0.2) is 5.82 Å². The van der Waals surface area contributed by atoms with Gasteiger partial charge in [-0.3, -0.25) is 5.10 Å². The van der Waals surface area contributed by atoms with E-state index in [-0.39, 0.29) is 0 Å². The molecule has 0 fully saturated rings. The molecule has 1 aromatic carbocycles. The lowest BCUT2D eigenvalue weighted by Gasteiger charge is -2.15. The summed E-state index contributed by atoms with van der Waals surface area (Å²) in [5.74, 6) is 1.48. The monoisotopic (exact) mass is 357 g/mol. The maximum Gasteiger partial charge on any atom is 0.159 e. The summed E-state index contributed by atoms with van der Waals surface area (Å²) >= 11 is 2.21. The van der Waals surface area contributed by atoms with Crippen LogP contribution in [0.1, 0.15) is 16.7 Å². The number of nitrogen functional groups attached to an aromatic ring is 1. The second-order valence-electron chi connectivity index (χ2n) is 4.32. The molecule has 0 saturated carbocycles. The zero-order valence-electron chi connectivity index (χ0n) is 10.9. The van der Waals surface area contributed by atoms with E-state index in [1.165, 1.54) is 5.56 Å². The van der Waals surface area contributed by atoms with Crippen LogP contribution in [0.5, 0.6) is 5.75 Å². The average Bonchev–Trinajstić information content (AvgIpc) is 2.66. The van der Waals surface area contributed by atoms with Gasteiger partial charge in [-0.1, -0.05) is 0 Å². The molecule has 4 nitrogen and oxygen atoms in total. The van der Waals surface area contributed by atoms with Crippen LogP contribution in [-0.2, 0) is 0 Å². The van der Waals surface area contributed by atoms with E-state index >= 15 is 0 Å². The highest BCUT2D eigenvalue weighted by Crippen LogP contribution is 2.36. The van der Waals surface area contributed by atoms with Gasteiger partial charge in [-0.15, -0.1) is 0 Å². The van der Waals surface area contributed by atoms with Gasteiger partial charge in [0, 0.05) is 5.56 Å². The fourth-order valence-electron chi connectivity index (χ4n) is 2.15. The average molecular weight is 357 g/mol. The van der Waals surface area contributed by atoms with Crippen LogP contribution in [0, 0.1) is 24.3 Å². The first kappa shape index (κ1) is 13.2. The first-order valence-corrected chi connectivity index (χ1v) is 6.69. The lowest BCUT2D eigenvalue weighted by Crippen LogP contribution is -1.97. The normalized spacial score (nSPS) is 10.7. The number of rotatable bonds is 2. The highest BCUT2D eigenvalue weighted by Gasteiger charge is 2.16. The van der Waals surface area contributed by atoms with Crippen molar-refractivity contribution in [2.75, 3.05) is 12.8 Å². The molecule has 2 aromatic rings. The minimum Gasteiger partial charge on any atom is -0.496 e. The van der Waals surface area contributed by atoms with Crippen LogP contribution < -0.4 is 10.5 Å². The van der Waals surface area contributed by atoms with E-state index in [4.69, 9.17) is 10.5 Å². The standard InChI is InChI=1S/C13H16IN3O/c1-6-5-9(7(2)8(3)12(6)18-4)11-10(14)13(15)17-16-11/h5H,1-4H3,(H3,15,16,17). The van der Waals surface area contributed by atoms with E-state index in [1.54, 1.807) is 7.11 Å². The van der Waals surface area contributed by atoms with Crippen molar-refractivity contribution in [3.05, 3.63) is 26.3 Å². The summed E-state index contributed by atoms with van der Waals surface area (Å²) in [4.78, 5) is 0. The van der Waals surface area contributed by atoms with Crippen LogP contribution in [0.4, 0.5) is 5.82 Å². The molecule has 1 aromatic heterocycles. The molecule has 0 aliphatic rings. The Bertz CT molecular complexity index is 605. The van der Waals surface area contributed by atoms with Crippen molar-refractivity contribution in [2.45, 2.75) is 20.8 Å². The highest BCUT2D eigenvalue weighted by molar-refractivity contribution is 14.1. The molecule has 0 saturated heterocycles. The van der Waals surface area contributed by atoms with Crippen LogP contribution in [-0.4, -0.2) is 17.3 Å². The summed E-state index contributed by atoms with van der Waals surface area (Å²) in [5, 5.41) is 7.05. The number of aromatic nitrogens is 2. The highest BCUT2D eigenvalue weighted by atomic mass is 127. The van der Waals surface area contributed by atoms with Gasteiger partial charge in [-0.2, -0.15) is 5.10 Å². The van der Waals surface area contributed by atoms with Crippen molar-refractivity contribution in [1.82, 2.24) is 10.2 Å². The first-order valence-electron chi connectivity index (χ1n) is 5.61. The molecular formula is C13H16IN3O. The zero-order chi connectivity index (χ0) is 13.4. The molecule has 18 heavy (non-hydrogen) atoms. The second-order valence-corrected chi connectivity index (χ2v) is 5.40. The van der Waals surface area contributed by atoms with Gasteiger partial charge >= 0.3 is 0 Å². The van der Waals surface area contributed by atoms with Crippen molar-refractivity contribution >= 4 is 28.4 Å². The van der Waals surface area contributed by atoms with Crippen LogP contribution in [0.15, 0.2) is 6.07 Å². The predicted molar refractivity (Wildman–Crippen MR) is 81.9 cm³/mol. The van der Waals surface area contributed by atoms with E-state index < -0.39 is 0 Å². The largest absolute Gasteiger partial charge is 0.496 e. The van der Waals surface area contributed by atoms with Gasteiger partial charge in [-0.05, 0) is 66.1 Å². The van der Waals surface area contributed by atoms with Crippen LogP contribution in [0.25, 0.3) is 11.3 Å². The number of anilines is 1. The van der Waals surface area contributed by atoms with Gasteiger partial charge in [0.05, 0.1) is 16.4 Å². The minimum absolute atomic E-state index is 0.538. The maximum atomic E-state index is 5.79. The number of nitrogens with zero attached hydrogens (tertiary/aromatic N) is 1. The van der Waals surface area contributed by atoms with Gasteiger partial charge in [0.2, 0.25) is 0 Å². The van der Waals surface area contributed by atoms with Crippen molar-refractivity contribution < 1.29 is 4.74 Å². The third-order valence-electron chi connectivity index (χ3n) is 3.23. The van der Waals surface area contributed by atoms with Gasteiger partial charge < -0.3 is 10.5 Å². The second kappa shape index (κ2) is 4.79. The smallest absolute Gasteiger partial charge is 0.159 e. The number of methoxy groups -OCH3 is 1. The quantitative estimate of drug-likeness (QED) is 0.812.